The average molecular weight is 837 g/mol. The van der Waals surface area contributed by atoms with Gasteiger partial charge in [0, 0.05) is 33.0 Å². The number of anilines is 2. The standard InChI is InChI=1S/C58H48N2O4/c1-29(2)33-13-9-14-34(30(3)4)53(33)59-55(61)45-20-12-18-40-38(22-26-46(50(40)45)56(59)62)37-21-23-42-44-25-28-48-52-47(27-24-43(51(44)52)41-19-11-17-39(37)49(41)42)57(63)60(58(48)64)54-35(31(5)6)15-10-16-36(54)32(7)8/h9-32H,1-8H3. The van der Waals surface area contributed by atoms with Crippen molar-refractivity contribution in [3.05, 3.63) is 166 Å². The molecule has 0 saturated heterocycles. The van der Waals surface area contributed by atoms with Gasteiger partial charge < -0.3 is 0 Å². The molecule has 2 heterocycles. The summed E-state index contributed by atoms with van der Waals surface area (Å²) in [4.78, 5) is 61.9. The smallest absolute Gasteiger partial charge is 0.266 e. The van der Waals surface area contributed by atoms with Crippen molar-refractivity contribution in [3.63, 3.8) is 0 Å². The van der Waals surface area contributed by atoms with Crippen LogP contribution < -0.4 is 9.80 Å². The van der Waals surface area contributed by atoms with Gasteiger partial charge in [0.2, 0.25) is 0 Å². The molecule has 0 fully saturated rings. The van der Waals surface area contributed by atoms with Crippen LogP contribution in [-0.2, 0) is 0 Å². The molecule has 6 heteroatoms. The van der Waals surface area contributed by atoms with Crippen molar-refractivity contribution >= 4 is 88.9 Å². The molecule has 0 unspecified atom stereocenters. The number of amides is 4. The van der Waals surface area contributed by atoms with E-state index in [0.29, 0.717) is 44.4 Å². The molecule has 2 aliphatic heterocycles. The van der Waals surface area contributed by atoms with Crippen molar-refractivity contribution in [2.45, 2.75) is 79.1 Å². The van der Waals surface area contributed by atoms with Crippen LogP contribution in [0.4, 0.5) is 11.4 Å². The summed E-state index contributed by atoms with van der Waals surface area (Å²) in [5.74, 6) is -0.809. The molecular weight excluding hydrogens is 789 g/mol. The summed E-state index contributed by atoms with van der Waals surface area (Å²) in [6.07, 6.45) is 0. The maximum atomic E-state index is 14.8. The predicted octanol–water partition coefficient (Wildman–Crippen LogP) is 14.7. The number of carbonyl (C=O) groups excluding carboxylic acids is 4. The Kier molecular flexibility index (Phi) is 8.78. The highest BCUT2D eigenvalue weighted by Gasteiger charge is 2.40. The molecule has 0 N–H and O–H groups in total. The van der Waals surface area contributed by atoms with Gasteiger partial charge in [-0.3, -0.25) is 19.2 Å². The van der Waals surface area contributed by atoms with Gasteiger partial charge in [-0.15, -0.1) is 0 Å². The largest absolute Gasteiger partial charge is 0.268 e. The van der Waals surface area contributed by atoms with Crippen LogP contribution in [-0.4, -0.2) is 23.6 Å². The van der Waals surface area contributed by atoms with Crippen LogP contribution in [0.15, 0.2) is 121 Å². The number of carbonyl (C=O) groups is 4. The van der Waals surface area contributed by atoms with Gasteiger partial charge in [-0.05, 0) is 124 Å². The van der Waals surface area contributed by atoms with Crippen LogP contribution in [0.2, 0.25) is 0 Å². The van der Waals surface area contributed by atoms with E-state index in [1.54, 1.807) is 0 Å². The van der Waals surface area contributed by atoms with Gasteiger partial charge in [0.25, 0.3) is 23.6 Å². The highest BCUT2D eigenvalue weighted by atomic mass is 16.2. The molecule has 0 spiro atoms. The van der Waals surface area contributed by atoms with E-state index in [2.05, 4.69) is 85.7 Å². The van der Waals surface area contributed by atoms with Gasteiger partial charge in [0.1, 0.15) is 0 Å². The lowest BCUT2D eigenvalue weighted by atomic mass is 9.82. The maximum absolute atomic E-state index is 14.8. The number of para-hydroxylation sites is 2. The summed E-state index contributed by atoms with van der Waals surface area (Å²) in [7, 11) is 0. The molecule has 2 aliphatic rings. The molecule has 6 nitrogen and oxygen atoms in total. The molecule has 64 heavy (non-hydrogen) atoms. The normalized spacial score (nSPS) is 14.2. The van der Waals surface area contributed by atoms with Gasteiger partial charge in [0.15, 0.2) is 0 Å². The third-order valence-electron chi connectivity index (χ3n) is 14.0. The molecule has 0 atom stereocenters. The van der Waals surface area contributed by atoms with E-state index >= 15 is 0 Å². The number of fused-ring (bicyclic) bond motifs is 2. The van der Waals surface area contributed by atoms with Gasteiger partial charge in [-0.1, -0.05) is 152 Å². The minimum atomic E-state index is -0.312. The Hall–Kier alpha value is -7.18. The zero-order valence-corrected chi connectivity index (χ0v) is 37.4. The van der Waals surface area contributed by atoms with E-state index in [0.717, 1.165) is 76.5 Å². The summed E-state index contributed by atoms with van der Waals surface area (Å²) in [6, 6.07) is 40.4. The Balaban J connectivity index is 1.09. The Morgan fingerprint density at radius 3 is 1.03 bits per heavy atom. The predicted molar refractivity (Wildman–Crippen MR) is 262 cm³/mol. The maximum Gasteiger partial charge on any atom is 0.266 e. The van der Waals surface area contributed by atoms with Crippen LogP contribution in [0.1, 0.15) is 143 Å². The fraction of sp³-hybridized carbons (Fsp3) is 0.207. The van der Waals surface area contributed by atoms with Crippen LogP contribution in [0, 0.1) is 0 Å². The first-order valence-corrected chi connectivity index (χ1v) is 22.6. The summed E-state index contributed by atoms with van der Waals surface area (Å²) in [5, 5.41) is 9.21. The lowest BCUT2D eigenvalue weighted by Crippen LogP contribution is -2.41. The first-order valence-electron chi connectivity index (χ1n) is 22.6. The van der Waals surface area contributed by atoms with E-state index in [1.807, 2.05) is 91.0 Å². The number of hydrogen-bond acceptors (Lipinski definition) is 4. The molecule has 0 aromatic heterocycles. The summed E-state index contributed by atoms with van der Waals surface area (Å²) < 4.78 is 0. The third-order valence-corrected chi connectivity index (χ3v) is 14.0. The minimum absolute atomic E-state index is 0.104. The van der Waals surface area contributed by atoms with Crippen LogP contribution in [0.3, 0.4) is 0 Å². The molecule has 4 amide bonds. The van der Waals surface area contributed by atoms with Gasteiger partial charge in [-0.2, -0.15) is 0 Å². The Bertz CT molecular complexity index is 3410. The molecule has 11 rings (SSSR count). The second-order valence-corrected chi connectivity index (χ2v) is 18.9. The Morgan fingerprint density at radius 1 is 0.281 bits per heavy atom. The zero-order chi connectivity index (χ0) is 44.6. The second kappa shape index (κ2) is 14.2. The number of imide groups is 2. The highest BCUT2D eigenvalue weighted by molar-refractivity contribution is 6.43. The number of nitrogens with zero attached hydrogens (tertiary/aromatic N) is 2. The van der Waals surface area contributed by atoms with E-state index in [4.69, 9.17) is 0 Å². The van der Waals surface area contributed by atoms with Crippen molar-refractivity contribution in [2.75, 3.05) is 9.80 Å². The molecule has 9 aromatic carbocycles. The summed E-state index contributed by atoms with van der Waals surface area (Å²) in [6.45, 7) is 16.8. The van der Waals surface area contributed by atoms with Gasteiger partial charge >= 0.3 is 0 Å². The summed E-state index contributed by atoms with van der Waals surface area (Å²) in [5.41, 5.74) is 9.26. The van der Waals surface area contributed by atoms with Crippen molar-refractivity contribution < 1.29 is 19.2 Å². The number of hydrogen-bond donors (Lipinski definition) is 0. The monoisotopic (exact) mass is 836 g/mol. The van der Waals surface area contributed by atoms with Crippen LogP contribution in [0.5, 0.6) is 0 Å². The van der Waals surface area contributed by atoms with Gasteiger partial charge in [0.05, 0.1) is 11.4 Å². The fourth-order valence-electron chi connectivity index (χ4n) is 11.0. The summed E-state index contributed by atoms with van der Waals surface area (Å²) >= 11 is 0. The van der Waals surface area contributed by atoms with E-state index in [1.165, 1.54) is 9.80 Å². The van der Waals surface area contributed by atoms with Crippen LogP contribution >= 0.6 is 0 Å². The molecular formula is C58H48N2O4. The third kappa shape index (κ3) is 5.32. The molecule has 9 aromatic rings. The zero-order valence-electron chi connectivity index (χ0n) is 37.4. The quantitative estimate of drug-likeness (QED) is 0.0910. The first-order chi connectivity index (χ1) is 30.8. The van der Waals surface area contributed by atoms with Crippen molar-refractivity contribution in [1.82, 2.24) is 0 Å². The Morgan fingerprint density at radius 2 is 0.578 bits per heavy atom. The first kappa shape index (κ1) is 39.7. The topological polar surface area (TPSA) is 74.8 Å². The molecule has 0 radical (unpaired) electrons. The number of benzene rings is 9. The van der Waals surface area contributed by atoms with E-state index in [-0.39, 0.29) is 47.3 Å². The molecule has 0 bridgehead atoms. The van der Waals surface area contributed by atoms with Crippen molar-refractivity contribution in [3.8, 4) is 11.1 Å². The van der Waals surface area contributed by atoms with E-state index < -0.39 is 0 Å². The highest BCUT2D eigenvalue weighted by Crippen LogP contribution is 2.49. The lowest BCUT2D eigenvalue weighted by molar-refractivity contribution is 0.0877. The van der Waals surface area contributed by atoms with Crippen molar-refractivity contribution in [1.29, 1.82) is 0 Å². The lowest BCUT2D eigenvalue weighted by Gasteiger charge is -2.33. The van der Waals surface area contributed by atoms with Crippen molar-refractivity contribution in [2.24, 2.45) is 0 Å². The fourth-order valence-corrected chi connectivity index (χ4v) is 11.0. The second-order valence-electron chi connectivity index (χ2n) is 18.9. The molecule has 0 saturated carbocycles. The Labute approximate surface area is 372 Å². The SMILES string of the molecule is CC(C)c1cccc(C(C)C)c1N1C(=O)c2cccc3c(-c4ccc5c6ccc7c8c(ccc(c9cccc4c95)c86)C(=O)N(c4c(C(C)C)cccc4C(C)C)C7=O)ccc(c23)C1=O. The number of rotatable bonds is 7. The molecule has 0 aliphatic carbocycles. The van der Waals surface area contributed by atoms with E-state index in [9.17, 15) is 19.2 Å². The minimum Gasteiger partial charge on any atom is -0.268 e. The van der Waals surface area contributed by atoms with Gasteiger partial charge in [-0.25, -0.2) is 9.80 Å². The molecule has 314 valence electrons. The van der Waals surface area contributed by atoms with Crippen LogP contribution in [0.25, 0.3) is 65.0 Å². The average Bonchev–Trinajstić information content (AvgIpc) is 3.28.